The molecule has 1 unspecified atom stereocenters. The number of nitrogens with one attached hydrogen (secondary N) is 1. The number of hydrogen-bond donors (Lipinski definition) is 2. The molecule has 3 heteroatoms. The fourth-order valence-electron chi connectivity index (χ4n) is 1.46. The first-order valence-electron chi connectivity index (χ1n) is 4.44. The highest BCUT2D eigenvalue weighted by Crippen LogP contribution is 2.47. The molecule has 1 aromatic rings. The minimum Gasteiger partial charge on any atom is -0.327 e. The Morgan fingerprint density at radius 1 is 1.75 bits per heavy atom. The Balaban J connectivity index is 1.95. The lowest BCUT2D eigenvalue weighted by molar-refractivity contribution is 0.433. The Morgan fingerprint density at radius 3 is 3.00 bits per heavy atom. The number of aromatic nitrogens is 2. The van der Waals surface area contributed by atoms with Crippen LogP contribution in [0, 0.1) is 5.41 Å². The third-order valence-electron chi connectivity index (χ3n) is 2.94. The van der Waals surface area contributed by atoms with E-state index in [0.717, 1.165) is 6.42 Å². The van der Waals surface area contributed by atoms with Crippen LogP contribution in [-0.4, -0.2) is 16.2 Å². The van der Waals surface area contributed by atoms with Crippen LogP contribution in [-0.2, 0) is 6.42 Å². The standard InChI is InChI=1S/C9H15N3/c1-9(2-3-9)8(10)4-7-5-11-12-6-7/h5-6,8H,2-4,10H2,1H3,(H,11,12). The second-order valence-corrected chi connectivity index (χ2v) is 4.07. The van der Waals surface area contributed by atoms with Gasteiger partial charge in [-0.3, -0.25) is 5.10 Å². The molecule has 1 fully saturated rings. The first-order valence-corrected chi connectivity index (χ1v) is 4.44. The summed E-state index contributed by atoms with van der Waals surface area (Å²) in [4.78, 5) is 0. The molecule has 0 spiro atoms. The average molecular weight is 165 g/mol. The van der Waals surface area contributed by atoms with Gasteiger partial charge < -0.3 is 5.73 Å². The third kappa shape index (κ3) is 1.37. The number of nitrogens with two attached hydrogens (primary N) is 1. The predicted octanol–water partition coefficient (Wildman–Crippen LogP) is 1.08. The Bertz CT molecular complexity index is 249. The minimum atomic E-state index is 0.301. The highest BCUT2D eigenvalue weighted by molar-refractivity contribution is 5.09. The van der Waals surface area contributed by atoms with Gasteiger partial charge in [0.1, 0.15) is 0 Å². The summed E-state index contributed by atoms with van der Waals surface area (Å²) in [6, 6.07) is 0.301. The van der Waals surface area contributed by atoms with Crippen molar-refractivity contribution >= 4 is 0 Å². The summed E-state index contributed by atoms with van der Waals surface area (Å²) in [6.07, 6.45) is 7.29. The monoisotopic (exact) mass is 165 g/mol. The van der Waals surface area contributed by atoms with E-state index in [1.165, 1.54) is 18.4 Å². The SMILES string of the molecule is CC1(C(N)Cc2cn[nH]c2)CC1. The van der Waals surface area contributed by atoms with Gasteiger partial charge in [0, 0.05) is 12.2 Å². The zero-order chi connectivity index (χ0) is 8.60. The van der Waals surface area contributed by atoms with Crippen LogP contribution in [0.2, 0.25) is 0 Å². The summed E-state index contributed by atoms with van der Waals surface area (Å²) in [6.45, 7) is 2.26. The lowest BCUT2D eigenvalue weighted by atomic mass is 9.95. The molecule has 12 heavy (non-hydrogen) atoms. The zero-order valence-corrected chi connectivity index (χ0v) is 7.38. The summed E-state index contributed by atoms with van der Waals surface area (Å²) in [5, 5.41) is 6.70. The van der Waals surface area contributed by atoms with Crippen molar-refractivity contribution in [3.8, 4) is 0 Å². The number of nitrogens with zero attached hydrogens (tertiary/aromatic N) is 1. The number of H-pyrrole nitrogens is 1. The molecule has 1 atom stereocenters. The van der Waals surface area contributed by atoms with Crippen LogP contribution in [0.4, 0.5) is 0 Å². The van der Waals surface area contributed by atoms with Crippen molar-refractivity contribution in [3.05, 3.63) is 18.0 Å². The van der Waals surface area contributed by atoms with E-state index >= 15 is 0 Å². The summed E-state index contributed by atoms with van der Waals surface area (Å²) in [5.41, 5.74) is 7.69. The quantitative estimate of drug-likeness (QED) is 0.704. The van der Waals surface area contributed by atoms with Crippen LogP contribution in [0.25, 0.3) is 0 Å². The second-order valence-electron chi connectivity index (χ2n) is 4.07. The van der Waals surface area contributed by atoms with Gasteiger partial charge in [0.05, 0.1) is 6.20 Å². The van der Waals surface area contributed by atoms with Crippen LogP contribution in [0.1, 0.15) is 25.3 Å². The van der Waals surface area contributed by atoms with Gasteiger partial charge >= 0.3 is 0 Å². The largest absolute Gasteiger partial charge is 0.327 e. The predicted molar refractivity (Wildman–Crippen MR) is 47.6 cm³/mol. The van der Waals surface area contributed by atoms with Gasteiger partial charge in [0.15, 0.2) is 0 Å². The first kappa shape index (κ1) is 7.80. The third-order valence-corrected chi connectivity index (χ3v) is 2.94. The van der Waals surface area contributed by atoms with Gasteiger partial charge in [-0.1, -0.05) is 6.92 Å². The van der Waals surface area contributed by atoms with Crippen molar-refractivity contribution in [1.82, 2.24) is 10.2 Å². The Kier molecular flexibility index (Phi) is 1.68. The smallest absolute Gasteiger partial charge is 0.0519 e. The lowest BCUT2D eigenvalue weighted by Crippen LogP contribution is -2.31. The van der Waals surface area contributed by atoms with Gasteiger partial charge in [-0.05, 0) is 30.2 Å². The number of rotatable bonds is 3. The number of hydrogen-bond acceptors (Lipinski definition) is 2. The molecular weight excluding hydrogens is 150 g/mol. The van der Waals surface area contributed by atoms with E-state index in [-0.39, 0.29) is 0 Å². The summed E-state index contributed by atoms with van der Waals surface area (Å²) in [5.74, 6) is 0. The highest BCUT2D eigenvalue weighted by atomic mass is 15.1. The van der Waals surface area contributed by atoms with Crippen molar-refractivity contribution in [3.63, 3.8) is 0 Å². The van der Waals surface area contributed by atoms with Crippen LogP contribution < -0.4 is 5.73 Å². The Labute approximate surface area is 72.4 Å². The van der Waals surface area contributed by atoms with Crippen LogP contribution in [0.15, 0.2) is 12.4 Å². The molecule has 3 nitrogen and oxygen atoms in total. The second kappa shape index (κ2) is 2.59. The van der Waals surface area contributed by atoms with Gasteiger partial charge in [0.2, 0.25) is 0 Å². The molecule has 1 aromatic heterocycles. The van der Waals surface area contributed by atoms with E-state index in [2.05, 4.69) is 17.1 Å². The van der Waals surface area contributed by atoms with E-state index in [1.807, 2.05) is 12.4 Å². The molecule has 1 heterocycles. The summed E-state index contributed by atoms with van der Waals surface area (Å²) in [7, 11) is 0. The van der Waals surface area contributed by atoms with Gasteiger partial charge in [-0.15, -0.1) is 0 Å². The van der Waals surface area contributed by atoms with E-state index in [1.54, 1.807) is 0 Å². The fraction of sp³-hybridized carbons (Fsp3) is 0.667. The molecule has 1 saturated carbocycles. The molecule has 3 N–H and O–H groups in total. The topological polar surface area (TPSA) is 54.7 Å². The molecule has 0 aromatic carbocycles. The first-order chi connectivity index (χ1) is 5.71. The van der Waals surface area contributed by atoms with E-state index in [9.17, 15) is 0 Å². The molecule has 1 aliphatic rings. The Morgan fingerprint density at radius 2 is 2.50 bits per heavy atom. The average Bonchev–Trinajstić information content (AvgIpc) is 2.63. The van der Waals surface area contributed by atoms with Crippen molar-refractivity contribution in [2.24, 2.45) is 11.1 Å². The van der Waals surface area contributed by atoms with Crippen molar-refractivity contribution in [1.29, 1.82) is 0 Å². The molecule has 0 radical (unpaired) electrons. The van der Waals surface area contributed by atoms with E-state index in [4.69, 9.17) is 5.73 Å². The molecule has 2 rings (SSSR count). The maximum absolute atomic E-state index is 6.06. The summed E-state index contributed by atoms with van der Waals surface area (Å²) >= 11 is 0. The van der Waals surface area contributed by atoms with E-state index < -0.39 is 0 Å². The zero-order valence-electron chi connectivity index (χ0n) is 7.38. The minimum absolute atomic E-state index is 0.301. The maximum Gasteiger partial charge on any atom is 0.0519 e. The Hall–Kier alpha value is -0.830. The molecule has 0 amide bonds. The van der Waals surface area contributed by atoms with Gasteiger partial charge in [-0.2, -0.15) is 5.10 Å². The molecular formula is C9H15N3. The van der Waals surface area contributed by atoms with Crippen molar-refractivity contribution in [2.75, 3.05) is 0 Å². The molecule has 0 bridgehead atoms. The van der Waals surface area contributed by atoms with Gasteiger partial charge in [-0.25, -0.2) is 0 Å². The van der Waals surface area contributed by atoms with Crippen molar-refractivity contribution < 1.29 is 0 Å². The summed E-state index contributed by atoms with van der Waals surface area (Å²) < 4.78 is 0. The van der Waals surface area contributed by atoms with Crippen molar-refractivity contribution in [2.45, 2.75) is 32.2 Å². The van der Waals surface area contributed by atoms with Gasteiger partial charge in [0.25, 0.3) is 0 Å². The van der Waals surface area contributed by atoms with E-state index in [0.29, 0.717) is 11.5 Å². The van der Waals surface area contributed by atoms with Crippen LogP contribution in [0.5, 0.6) is 0 Å². The maximum atomic E-state index is 6.06. The molecule has 1 aliphatic carbocycles. The lowest BCUT2D eigenvalue weighted by Gasteiger charge is -2.17. The molecule has 0 aliphatic heterocycles. The molecule has 0 saturated heterocycles. The normalized spacial score (nSPS) is 22.2. The van der Waals surface area contributed by atoms with Crippen LogP contribution in [0.3, 0.4) is 0 Å². The highest BCUT2D eigenvalue weighted by Gasteiger charge is 2.42. The number of aromatic amines is 1. The fourth-order valence-corrected chi connectivity index (χ4v) is 1.46. The molecule has 66 valence electrons. The van der Waals surface area contributed by atoms with Crippen LogP contribution >= 0.6 is 0 Å².